The number of rotatable bonds is 4. The second-order valence-electron chi connectivity index (χ2n) is 4.14. The lowest BCUT2D eigenvalue weighted by atomic mass is 10.3. The SMILES string of the molecule is O=c1cc(CSc2ccc(Br)cc2OC(F)(F)F)[nH]cc1O. The molecule has 0 aliphatic carbocycles. The number of hydrogen-bond donors (Lipinski definition) is 2. The van der Waals surface area contributed by atoms with Crippen LogP contribution in [0.5, 0.6) is 11.5 Å². The van der Waals surface area contributed by atoms with Crippen molar-refractivity contribution in [2.75, 3.05) is 0 Å². The Bertz CT molecular complexity index is 733. The maximum atomic E-state index is 12.4. The molecule has 0 atom stereocenters. The Hall–Kier alpha value is -1.61. The molecule has 1 aromatic heterocycles. The van der Waals surface area contributed by atoms with Crippen LogP contribution in [0.3, 0.4) is 0 Å². The van der Waals surface area contributed by atoms with Crippen LogP contribution in [0.15, 0.2) is 44.6 Å². The second-order valence-corrected chi connectivity index (χ2v) is 6.07. The van der Waals surface area contributed by atoms with Gasteiger partial charge in [0.25, 0.3) is 0 Å². The van der Waals surface area contributed by atoms with Gasteiger partial charge in [-0.1, -0.05) is 15.9 Å². The van der Waals surface area contributed by atoms with Gasteiger partial charge < -0.3 is 14.8 Å². The van der Waals surface area contributed by atoms with Crippen molar-refractivity contribution < 1.29 is 23.0 Å². The van der Waals surface area contributed by atoms with Gasteiger partial charge in [-0.15, -0.1) is 24.9 Å². The van der Waals surface area contributed by atoms with Gasteiger partial charge in [-0.25, -0.2) is 0 Å². The van der Waals surface area contributed by atoms with E-state index in [1.807, 2.05) is 0 Å². The van der Waals surface area contributed by atoms with Crippen LogP contribution < -0.4 is 10.2 Å². The lowest BCUT2D eigenvalue weighted by Gasteiger charge is -2.13. The molecule has 1 aromatic carbocycles. The van der Waals surface area contributed by atoms with Crippen LogP contribution in [0.1, 0.15) is 5.69 Å². The quantitative estimate of drug-likeness (QED) is 0.767. The minimum atomic E-state index is -4.79. The Morgan fingerprint density at radius 1 is 1.32 bits per heavy atom. The molecule has 1 heterocycles. The van der Waals surface area contributed by atoms with E-state index in [1.165, 1.54) is 18.2 Å². The lowest BCUT2D eigenvalue weighted by Crippen LogP contribution is -2.17. The number of ether oxygens (including phenoxy) is 1. The van der Waals surface area contributed by atoms with Crippen LogP contribution in [0.2, 0.25) is 0 Å². The van der Waals surface area contributed by atoms with Gasteiger partial charge in [0.2, 0.25) is 5.43 Å². The van der Waals surface area contributed by atoms with Crippen molar-refractivity contribution in [2.45, 2.75) is 17.0 Å². The first-order valence-corrected chi connectivity index (χ1v) is 7.61. The van der Waals surface area contributed by atoms with Crippen molar-refractivity contribution in [3.63, 3.8) is 0 Å². The summed E-state index contributed by atoms with van der Waals surface area (Å²) in [5.74, 6) is -0.530. The summed E-state index contributed by atoms with van der Waals surface area (Å²) >= 11 is 4.15. The smallest absolute Gasteiger partial charge is 0.503 e. The molecule has 2 N–H and O–H groups in total. The summed E-state index contributed by atoms with van der Waals surface area (Å²) in [6, 6.07) is 5.47. The predicted molar refractivity (Wildman–Crippen MR) is 79.1 cm³/mol. The molecule has 0 fully saturated rings. The van der Waals surface area contributed by atoms with Gasteiger partial charge in [0, 0.05) is 28.2 Å². The molecule has 0 spiro atoms. The van der Waals surface area contributed by atoms with E-state index in [4.69, 9.17) is 5.11 Å². The predicted octanol–water partition coefficient (Wildman–Crippen LogP) is 4.03. The second kappa shape index (κ2) is 6.66. The molecule has 0 amide bonds. The summed E-state index contributed by atoms with van der Waals surface area (Å²) < 4.78 is 41.6. The maximum Gasteiger partial charge on any atom is 0.573 e. The molecule has 0 saturated heterocycles. The fraction of sp³-hybridized carbons (Fsp3) is 0.154. The first kappa shape index (κ1) is 16.8. The molecule has 2 aromatic rings. The molecule has 0 saturated carbocycles. The third-order valence-corrected chi connectivity index (χ3v) is 4.06. The molecule has 0 unspecified atom stereocenters. The molecule has 118 valence electrons. The monoisotopic (exact) mass is 395 g/mol. The van der Waals surface area contributed by atoms with Gasteiger partial charge in [0.05, 0.1) is 4.90 Å². The van der Waals surface area contributed by atoms with E-state index in [1.54, 1.807) is 6.07 Å². The number of pyridine rings is 1. The third kappa shape index (κ3) is 4.70. The van der Waals surface area contributed by atoms with Crippen LogP contribution in [0.4, 0.5) is 13.2 Å². The number of aromatic nitrogens is 1. The molecule has 22 heavy (non-hydrogen) atoms. The fourth-order valence-electron chi connectivity index (χ4n) is 1.55. The van der Waals surface area contributed by atoms with Gasteiger partial charge in [-0.05, 0) is 18.2 Å². The normalized spacial score (nSPS) is 11.5. The number of alkyl halides is 3. The van der Waals surface area contributed by atoms with Gasteiger partial charge in [-0.3, -0.25) is 4.79 Å². The summed E-state index contributed by atoms with van der Waals surface area (Å²) in [6.45, 7) is 0. The maximum absolute atomic E-state index is 12.4. The summed E-state index contributed by atoms with van der Waals surface area (Å²) in [5.41, 5.74) is -0.0920. The Morgan fingerprint density at radius 3 is 2.68 bits per heavy atom. The first-order valence-electron chi connectivity index (χ1n) is 5.83. The number of H-pyrrole nitrogens is 1. The molecule has 0 radical (unpaired) electrons. The molecule has 0 aliphatic heterocycles. The van der Waals surface area contributed by atoms with E-state index in [-0.39, 0.29) is 16.4 Å². The molecule has 0 bridgehead atoms. The van der Waals surface area contributed by atoms with E-state index in [2.05, 4.69) is 25.7 Å². The Morgan fingerprint density at radius 2 is 2.05 bits per heavy atom. The lowest BCUT2D eigenvalue weighted by molar-refractivity contribution is -0.275. The standard InChI is InChI=1S/C13H9BrF3NO3S/c14-7-1-2-12(11(3-7)21-13(15,16)17)22-6-8-4-9(19)10(20)5-18-8/h1-5,20H,6H2,(H,18,19). The molecular formula is C13H9BrF3NO3S. The van der Waals surface area contributed by atoms with Crippen molar-refractivity contribution >= 4 is 27.7 Å². The van der Waals surface area contributed by atoms with E-state index in [0.717, 1.165) is 18.0 Å². The topological polar surface area (TPSA) is 62.3 Å². The summed E-state index contributed by atoms with van der Waals surface area (Å²) in [4.78, 5) is 14.2. The highest BCUT2D eigenvalue weighted by Gasteiger charge is 2.32. The molecule has 2 rings (SSSR count). The van der Waals surface area contributed by atoms with E-state index >= 15 is 0 Å². The van der Waals surface area contributed by atoms with Gasteiger partial charge in [-0.2, -0.15) is 0 Å². The number of nitrogens with one attached hydrogen (secondary N) is 1. The van der Waals surface area contributed by atoms with Crippen molar-refractivity contribution in [3.05, 3.63) is 50.9 Å². The minimum Gasteiger partial charge on any atom is -0.503 e. The van der Waals surface area contributed by atoms with Crippen molar-refractivity contribution in [3.8, 4) is 11.5 Å². The number of halogens is 4. The summed E-state index contributed by atoms with van der Waals surface area (Å²) in [7, 11) is 0. The molecule has 9 heteroatoms. The highest BCUT2D eigenvalue weighted by Crippen LogP contribution is 2.36. The Balaban J connectivity index is 2.18. The Kier molecular flexibility index (Phi) is 5.07. The fourth-order valence-corrected chi connectivity index (χ4v) is 2.78. The highest BCUT2D eigenvalue weighted by molar-refractivity contribution is 9.10. The van der Waals surface area contributed by atoms with Crippen LogP contribution in [0, 0.1) is 0 Å². The largest absolute Gasteiger partial charge is 0.573 e. The van der Waals surface area contributed by atoms with Crippen molar-refractivity contribution in [2.24, 2.45) is 0 Å². The average molecular weight is 396 g/mol. The van der Waals surface area contributed by atoms with Crippen LogP contribution >= 0.6 is 27.7 Å². The summed E-state index contributed by atoms with van der Waals surface area (Å²) in [6.07, 6.45) is -3.66. The van der Waals surface area contributed by atoms with Crippen LogP contribution in [-0.4, -0.2) is 16.5 Å². The van der Waals surface area contributed by atoms with Crippen LogP contribution in [0.25, 0.3) is 0 Å². The van der Waals surface area contributed by atoms with Crippen LogP contribution in [-0.2, 0) is 5.75 Å². The van der Waals surface area contributed by atoms with Crippen molar-refractivity contribution in [1.29, 1.82) is 0 Å². The number of thioether (sulfide) groups is 1. The zero-order valence-corrected chi connectivity index (χ0v) is 13.2. The number of aromatic hydroxyl groups is 1. The van der Waals surface area contributed by atoms with Gasteiger partial charge >= 0.3 is 6.36 Å². The molecular weight excluding hydrogens is 387 g/mol. The Labute approximate surface area is 135 Å². The average Bonchev–Trinajstić information content (AvgIpc) is 2.40. The van der Waals surface area contributed by atoms with Gasteiger partial charge in [0.1, 0.15) is 5.75 Å². The van der Waals surface area contributed by atoms with Crippen molar-refractivity contribution in [1.82, 2.24) is 4.98 Å². The van der Waals surface area contributed by atoms with E-state index in [9.17, 15) is 18.0 Å². The number of aromatic amines is 1. The number of hydrogen-bond acceptors (Lipinski definition) is 4. The highest BCUT2D eigenvalue weighted by atomic mass is 79.9. The number of benzene rings is 1. The minimum absolute atomic E-state index is 0.214. The zero-order chi connectivity index (χ0) is 16.3. The zero-order valence-electron chi connectivity index (χ0n) is 10.8. The van der Waals surface area contributed by atoms with E-state index < -0.39 is 17.5 Å². The summed E-state index contributed by atoms with van der Waals surface area (Å²) in [5, 5.41) is 9.13. The molecule has 4 nitrogen and oxygen atoms in total. The van der Waals surface area contributed by atoms with Gasteiger partial charge in [0.15, 0.2) is 5.75 Å². The third-order valence-electron chi connectivity index (χ3n) is 2.47. The van der Waals surface area contributed by atoms with E-state index in [0.29, 0.717) is 10.2 Å². The molecule has 0 aliphatic rings. The first-order chi connectivity index (χ1) is 10.2.